The van der Waals surface area contributed by atoms with E-state index >= 15 is 0 Å². The second-order valence-electron chi connectivity index (χ2n) is 6.67. The molecule has 1 N–H and O–H groups in total. The quantitative estimate of drug-likeness (QED) is 0.432. The molecule has 1 aliphatic heterocycles. The van der Waals surface area contributed by atoms with Gasteiger partial charge in [0.15, 0.2) is 22.4 Å². The Balaban J connectivity index is 1.64. The molecule has 162 valence electrons. The van der Waals surface area contributed by atoms with Crippen molar-refractivity contribution >= 4 is 67.9 Å². The zero-order valence-corrected chi connectivity index (χ0v) is 20.3. The molecule has 2 amide bonds. The van der Waals surface area contributed by atoms with E-state index in [1.54, 1.807) is 18.2 Å². The first-order valence-corrected chi connectivity index (χ1v) is 11.4. The molecule has 2 aromatic rings. The number of rotatable bonds is 7. The van der Waals surface area contributed by atoms with Crippen LogP contribution in [0.25, 0.3) is 0 Å². The van der Waals surface area contributed by atoms with E-state index in [0.717, 1.165) is 15.6 Å². The summed E-state index contributed by atoms with van der Waals surface area (Å²) in [6.07, 6.45) is 1.52. The van der Waals surface area contributed by atoms with Gasteiger partial charge in [-0.2, -0.15) is 10.1 Å². The summed E-state index contributed by atoms with van der Waals surface area (Å²) in [7, 11) is 1.51. The fourth-order valence-electron chi connectivity index (χ4n) is 2.67. The molecule has 0 radical (unpaired) electrons. The number of amides is 2. The molecule has 0 spiro atoms. The summed E-state index contributed by atoms with van der Waals surface area (Å²) in [6.45, 7) is 3.80. The Morgan fingerprint density at radius 3 is 2.71 bits per heavy atom. The first-order chi connectivity index (χ1) is 14.8. The standard InChI is InChI=1S/C21H20BrN3O4S2/c1-12-6-15(22)16(7-13(12)2)24-19(26)10-29-17-5-4-14(8-18(17)28-3)9-23-25-20(27)11-31-21(25)30/h4-9H,10-11H2,1-3H3,(H,24,26)/b23-9+. The third-order valence-corrected chi connectivity index (χ3v) is 6.45. The number of nitrogens with zero attached hydrogens (tertiary/aromatic N) is 2. The largest absolute Gasteiger partial charge is 0.493 e. The number of ether oxygens (including phenoxy) is 2. The van der Waals surface area contributed by atoms with Crippen molar-refractivity contribution in [2.24, 2.45) is 5.10 Å². The van der Waals surface area contributed by atoms with Crippen LogP contribution in [-0.4, -0.2) is 46.8 Å². The molecule has 7 nitrogen and oxygen atoms in total. The lowest BCUT2D eigenvalue weighted by Gasteiger charge is -2.13. The lowest BCUT2D eigenvalue weighted by Crippen LogP contribution is -2.22. The predicted molar refractivity (Wildman–Crippen MR) is 130 cm³/mol. The molecular formula is C21H20BrN3O4S2. The SMILES string of the molecule is COc1cc(/C=N/N2C(=O)CSC2=S)ccc1OCC(=O)Nc1cc(C)c(C)cc1Br. The van der Waals surface area contributed by atoms with Crippen molar-refractivity contribution < 1.29 is 19.1 Å². The molecule has 2 aromatic carbocycles. The van der Waals surface area contributed by atoms with E-state index in [2.05, 4.69) is 26.3 Å². The third-order valence-electron chi connectivity index (χ3n) is 4.45. The van der Waals surface area contributed by atoms with Crippen molar-refractivity contribution in [1.82, 2.24) is 5.01 Å². The summed E-state index contributed by atoms with van der Waals surface area (Å²) in [5.41, 5.74) is 3.58. The Hall–Kier alpha value is -2.43. The minimum absolute atomic E-state index is 0.153. The van der Waals surface area contributed by atoms with Gasteiger partial charge in [-0.3, -0.25) is 9.59 Å². The Morgan fingerprint density at radius 2 is 2.03 bits per heavy atom. The van der Waals surface area contributed by atoms with Gasteiger partial charge in [0.1, 0.15) is 0 Å². The summed E-state index contributed by atoms with van der Waals surface area (Å²) in [5.74, 6) is 0.702. The van der Waals surface area contributed by atoms with Crippen LogP contribution in [0.3, 0.4) is 0 Å². The molecule has 0 atom stereocenters. The minimum atomic E-state index is -0.296. The number of carbonyl (C=O) groups excluding carboxylic acids is 2. The predicted octanol–water partition coefficient (Wildman–Crippen LogP) is 4.29. The van der Waals surface area contributed by atoms with E-state index < -0.39 is 0 Å². The topological polar surface area (TPSA) is 80.2 Å². The molecule has 0 saturated carbocycles. The van der Waals surface area contributed by atoms with Crippen LogP contribution < -0.4 is 14.8 Å². The van der Waals surface area contributed by atoms with Crippen LogP contribution >= 0.6 is 39.9 Å². The molecule has 1 saturated heterocycles. The highest BCUT2D eigenvalue weighted by Crippen LogP contribution is 2.29. The number of anilines is 1. The van der Waals surface area contributed by atoms with Crippen molar-refractivity contribution in [1.29, 1.82) is 0 Å². The molecular weight excluding hydrogens is 502 g/mol. The van der Waals surface area contributed by atoms with Gasteiger partial charge in [0.2, 0.25) is 0 Å². The molecule has 0 aliphatic carbocycles. The normalized spacial score (nSPS) is 13.7. The number of hydrazone groups is 1. The lowest BCUT2D eigenvalue weighted by atomic mass is 10.1. The average molecular weight is 522 g/mol. The summed E-state index contributed by atoms with van der Waals surface area (Å²) in [6, 6.07) is 8.99. The number of benzene rings is 2. The first-order valence-electron chi connectivity index (χ1n) is 9.19. The van der Waals surface area contributed by atoms with Gasteiger partial charge in [0.05, 0.1) is 24.8 Å². The minimum Gasteiger partial charge on any atom is -0.493 e. The van der Waals surface area contributed by atoms with Gasteiger partial charge in [0.25, 0.3) is 11.8 Å². The van der Waals surface area contributed by atoms with Crippen molar-refractivity contribution in [2.75, 3.05) is 24.8 Å². The van der Waals surface area contributed by atoms with Crippen LogP contribution in [0.1, 0.15) is 16.7 Å². The second-order valence-corrected chi connectivity index (χ2v) is 9.13. The van der Waals surface area contributed by atoms with Gasteiger partial charge in [0, 0.05) is 4.47 Å². The molecule has 0 unspecified atom stereocenters. The number of thioether (sulfide) groups is 1. The van der Waals surface area contributed by atoms with E-state index in [1.807, 2.05) is 26.0 Å². The Morgan fingerprint density at radius 1 is 1.29 bits per heavy atom. The molecule has 31 heavy (non-hydrogen) atoms. The molecule has 1 heterocycles. The maximum atomic E-state index is 12.3. The van der Waals surface area contributed by atoms with Crippen LogP contribution in [0.15, 0.2) is 39.9 Å². The zero-order valence-electron chi connectivity index (χ0n) is 17.1. The second kappa shape index (κ2) is 10.3. The number of methoxy groups -OCH3 is 1. The van der Waals surface area contributed by atoms with Crippen LogP contribution in [-0.2, 0) is 9.59 Å². The summed E-state index contributed by atoms with van der Waals surface area (Å²) >= 11 is 9.84. The van der Waals surface area contributed by atoms with Crippen molar-refractivity contribution in [3.05, 3.63) is 51.5 Å². The van der Waals surface area contributed by atoms with Crippen LogP contribution in [0.5, 0.6) is 11.5 Å². The summed E-state index contributed by atoms with van der Waals surface area (Å²) in [5, 5.41) is 8.17. The van der Waals surface area contributed by atoms with Crippen LogP contribution in [0.4, 0.5) is 5.69 Å². The number of hydrogen-bond donors (Lipinski definition) is 1. The van der Waals surface area contributed by atoms with E-state index in [-0.39, 0.29) is 18.4 Å². The summed E-state index contributed by atoms with van der Waals surface area (Å²) < 4.78 is 12.2. The van der Waals surface area contributed by atoms with Crippen LogP contribution in [0, 0.1) is 13.8 Å². The number of aryl methyl sites for hydroxylation is 2. The molecule has 1 fully saturated rings. The molecule has 3 rings (SSSR count). The highest BCUT2D eigenvalue weighted by molar-refractivity contribution is 9.10. The Labute approximate surface area is 198 Å². The van der Waals surface area contributed by atoms with Gasteiger partial charge < -0.3 is 14.8 Å². The van der Waals surface area contributed by atoms with Gasteiger partial charge >= 0.3 is 0 Å². The Kier molecular flexibility index (Phi) is 7.69. The van der Waals surface area contributed by atoms with Gasteiger partial charge in [-0.15, -0.1) is 0 Å². The van der Waals surface area contributed by atoms with E-state index in [4.69, 9.17) is 21.7 Å². The van der Waals surface area contributed by atoms with E-state index in [9.17, 15) is 9.59 Å². The first kappa shape index (κ1) is 23.2. The maximum absolute atomic E-state index is 12.3. The third kappa shape index (κ3) is 5.84. The zero-order chi connectivity index (χ0) is 22.5. The fourth-order valence-corrected chi connectivity index (χ4v) is 4.20. The highest BCUT2D eigenvalue weighted by atomic mass is 79.9. The molecule has 0 aromatic heterocycles. The maximum Gasteiger partial charge on any atom is 0.262 e. The molecule has 10 heteroatoms. The summed E-state index contributed by atoms with van der Waals surface area (Å²) in [4.78, 5) is 24.1. The van der Waals surface area contributed by atoms with Crippen molar-refractivity contribution in [3.8, 4) is 11.5 Å². The number of carbonyl (C=O) groups is 2. The lowest BCUT2D eigenvalue weighted by molar-refractivity contribution is -0.124. The van der Waals surface area contributed by atoms with Crippen molar-refractivity contribution in [2.45, 2.75) is 13.8 Å². The number of hydrogen-bond acceptors (Lipinski definition) is 7. The van der Waals surface area contributed by atoms with Crippen molar-refractivity contribution in [3.63, 3.8) is 0 Å². The fraction of sp³-hybridized carbons (Fsp3) is 0.238. The Bertz CT molecular complexity index is 1060. The van der Waals surface area contributed by atoms with Gasteiger partial charge in [-0.05, 0) is 76.8 Å². The average Bonchev–Trinajstić information content (AvgIpc) is 3.06. The highest BCUT2D eigenvalue weighted by Gasteiger charge is 2.26. The molecule has 0 bridgehead atoms. The monoisotopic (exact) mass is 521 g/mol. The molecule has 1 aliphatic rings. The smallest absolute Gasteiger partial charge is 0.262 e. The number of halogens is 1. The number of nitrogens with one attached hydrogen (secondary N) is 1. The van der Waals surface area contributed by atoms with Gasteiger partial charge in [-0.1, -0.05) is 24.0 Å². The van der Waals surface area contributed by atoms with Crippen LogP contribution in [0.2, 0.25) is 0 Å². The van der Waals surface area contributed by atoms with E-state index in [0.29, 0.717) is 32.8 Å². The van der Waals surface area contributed by atoms with Gasteiger partial charge in [-0.25, -0.2) is 0 Å². The van der Waals surface area contributed by atoms with E-state index in [1.165, 1.54) is 30.1 Å². The number of thiocarbonyl (C=S) groups is 1.